The lowest BCUT2D eigenvalue weighted by atomic mass is 10.2. The number of aromatic nitrogens is 4. The van der Waals surface area contributed by atoms with Crippen molar-refractivity contribution >= 4 is 10.0 Å². The van der Waals surface area contributed by atoms with Crippen molar-refractivity contribution < 1.29 is 13.2 Å². The summed E-state index contributed by atoms with van der Waals surface area (Å²) in [4.78, 5) is 4.08. The minimum absolute atomic E-state index is 0.0844. The molecule has 0 aromatic carbocycles. The quantitative estimate of drug-likeness (QED) is 0.812. The summed E-state index contributed by atoms with van der Waals surface area (Å²) in [6.45, 7) is 7.68. The van der Waals surface area contributed by atoms with E-state index in [9.17, 15) is 8.42 Å². The van der Waals surface area contributed by atoms with Crippen LogP contribution in [0, 0.1) is 0 Å². The molecule has 3 heterocycles. The fourth-order valence-electron chi connectivity index (χ4n) is 2.63. The number of sulfonamides is 1. The van der Waals surface area contributed by atoms with Crippen molar-refractivity contribution in [2.75, 3.05) is 19.7 Å². The molecule has 0 bridgehead atoms. The predicted molar refractivity (Wildman–Crippen MR) is 88.0 cm³/mol. The normalized spacial score (nSPS) is 19.9. The third-order valence-corrected chi connectivity index (χ3v) is 5.91. The number of hydrogen-bond acceptors (Lipinski definition) is 5. The molecule has 8 nitrogen and oxygen atoms in total. The minimum Gasteiger partial charge on any atom is -0.371 e. The molecule has 0 unspecified atom stereocenters. The Hall–Kier alpha value is -1.71. The van der Waals surface area contributed by atoms with Gasteiger partial charge in [0.2, 0.25) is 0 Å². The molecule has 1 atom stereocenters. The molecular formula is C15H23N5O3S. The van der Waals surface area contributed by atoms with Gasteiger partial charge in [0.15, 0.2) is 5.03 Å². The van der Waals surface area contributed by atoms with Gasteiger partial charge in [-0.3, -0.25) is 4.68 Å². The van der Waals surface area contributed by atoms with Gasteiger partial charge in [0.1, 0.15) is 0 Å². The van der Waals surface area contributed by atoms with E-state index in [1.54, 1.807) is 28.0 Å². The molecule has 1 saturated heterocycles. The predicted octanol–water partition coefficient (Wildman–Crippen LogP) is 1.44. The zero-order valence-corrected chi connectivity index (χ0v) is 15.0. The molecule has 0 aliphatic carbocycles. The molecule has 1 aliphatic rings. The van der Waals surface area contributed by atoms with Crippen molar-refractivity contribution in [3.8, 4) is 0 Å². The Morgan fingerprint density at radius 1 is 1.38 bits per heavy atom. The summed E-state index contributed by atoms with van der Waals surface area (Å²) in [5.74, 6) is 0. The number of imidazole rings is 1. The molecular weight excluding hydrogens is 330 g/mol. The van der Waals surface area contributed by atoms with E-state index in [0.717, 1.165) is 12.1 Å². The van der Waals surface area contributed by atoms with E-state index in [4.69, 9.17) is 4.74 Å². The first kappa shape index (κ1) is 17.1. The number of rotatable bonds is 5. The van der Waals surface area contributed by atoms with Crippen LogP contribution >= 0.6 is 0 Å². The van der Waals surface area contributed by atoms with Gasteiger partial charge in [-0.2, -0.15) is 9.40 Å². The lowest BCUT2D eigenvalue weighted by molar-refractivity contribution is -0.00266. The number of ether oxygens (including phenoxy) is 1. The van der Waals surface area contributed by atoms with Gasteiger partial charge in [0.25, 0.3) is 10.0 Å². The van der Waals surface area contributed by atoms with E-state index >= 15 is 0 Å². The van der Waals surface area contributed by atoms with Crippen LogP contribution in [0.2, 0.25) is 0 Å². The van der Waals surface area contributed by atoms with E-state index in [1.165, 1.54) is 4.31 Å². The van der Waals surface area contributed by atoms with Gasteiger partial charge in [0.05, 0.1) is 25.2 Å². The molecule has 1 fully saturated rings. The molecule has 0 N–H and O–H groups in total. The Labute approximate surface area is 142 Å². The third kappa shape index (κ3) is 3.24. The third-order valence-electron chi connectivity index (χ3n) is 4.16. The van der Waals surface area contributed by atoms with Crippen LogP contribution in [-0.4, -0.2) is 51.8 Å². The Morgan fingerprint density at radius 3 is 2.79 bits per heavy atom. The maximum absolute atomic E-state index is 12.8. The number of hydrogen-bond donors (Lipinski definition) is 0. The zero-order chi connectivity index (χ0) is 17.3. The van der Waals surface area contributed by atoms with Crippen LogP contribution in [0.4, 0.5) is 0 Å². The van der Waals surface area contributed by atoms with Gasteiger partial charge in [-0.25, -0.2) is 13.4 Å². The molecule has 0 radical (unpaired) electrons. The van der Waals surface area contributed by atoms with E-state index in [0.29, 0.717) is 13.2 Å². The summed E-state index contributed by atoms with van der Waals surface area (Å²) in [5.41, 5.74) is 0.893. The zero-order valence-electron chi connectivity index (χ0n) is 14.2. The summed E-state index contributed by atoms with van der Waals surface area (Å²) in [5, 5.41) is 4.32. The smallest absolute Gasteiger partial charge is 0.262 e. The van der Waals surface area contributed by atoms with E-state index in [1.807, 2.05) is 27.0 Å². The maximum Gasteiger partial charge on any atom is 0.262 e. The summed E-state index contributed by atoms with van der Waals surface area (Å²) in [6.07, 6.45) is 6.47. The molecule has 3 rings (SSSR count). The van der Waals surface area contributed by atoms with Crippen LogP contribution in [0.15, 0.2) is 29.9 Å². The van der Waals surface area contributed by atoms with Crippen molar-refractivity contribution in [1.29, 1.82) is 0 Å². The Kier molecular flexibility index (Phi) is 4.75. The molecule has 0 amide bonds. The monoisotopic (exact) mass is 353 g/mol. The molecule has 24 heavy (non-hydrogen) atoms. The topological polar surface area (TPSA) is 82.2 Å². The second kappa shape index (κ2) is 6.66. The average molecular weight is 353 g/mol. The molecule has 2 aromatic heterocycles. The molecule has 132 valence electrons. The first-order valence-electron chi connectivity index (χ1n) is 8.09. The van der Waals surface area contributed by atoms with Gasteiger partial charge in [-0.05, 0) is 20.8 Å². The number of morpholine rings is 1. The van der Waals surface area contributed by atoms with Crippen LogP contribution < -0.4 is 0 Å². The van der Waals surface area contributed by atoms with Crippen molar-refractivity contribution in [1.82, 2.24) is 23.6 Å². The summed E-state index contributed by atoms with van der Waals surface area (Å²) < 4.78 is 36.4. The first-order chi connectivity index (χ1) is 11.4. The lowest BCUT2D eigenvalue weighted by Gasteiger charge is -2.31. The summed E-state index contributed by atoms with van der Waals surface area (Å²) in [7, 11) is -3.62. The van der Waals surface area contributed by atoms with Crippen molar-refractivity contribution in [2.24, 2.45) is 0 Å². The van der Waals surface area contributed by atoms with Crippen LogP contribution in [0.1, 0.15) is 38.5 Å². The van der Waals surface area contributed by atoms with Crippen molar-refractivity contribution in [3.05, 3.63) is 30.5 Å². The van der Waals surface area contributed by atoms with Crippen LogP contribution in [0.5, 0.6) is 0 Å². The lowest BCUT2D eigenvalue weighted by Crippen LogP contribution is -2.42. The second-order valence-corrected chi connectivity index (χ2v) is 7.99. The highest BCUT2D eigenvalue weighted by molar-refractivity contribution is 7.89. The van der Waals surface area contributed by atoms with E-state index in [2.05, 4.69) is 10.1 Å². The van der Waals surface area contributed by atoms with Crippen molar-refractivity contribution in [2.45, 2.75) is 44.5 Å². The fraction of sp³-hybridized carbons (Fsp3) is 0.600. The van der Waals surface area contributed by atoms with Crippen molar-refractivity contribution in [3.63, 3.8) is 0 Å². The average Bonchev–Trinajstić information content (AvgIpc) is 3.24. The minimum atomic E-state index is -3.62. The summed E-state index contributed by atoms with van der Waals surface area (Å²) in [6, 6.07) is 0.166. The summed E-state index contributed by atoms with van der Waals surface area (Å²) >= 11 is 0. The van der Waals surface area contributed by atoms with Gasteiger partial charge < -0.3 is 9.30 Å². The number of aryl methyl sites for hydroxylation is 1. The SMILES string of the molecule is CCn1cc([C@@H]2CN(S(=O)(=O)c3cn(C(C)C)cn3)CCO2)cn1. The van der Waals surface area contributed by atoms with Crippen LogP contribution in [0.25, 0.3) is 0 Å². The Bertz CT molecular complexity index is 796. The van der Waals surface area contributed by atoms with Crippen LogP contribution in [0.3, 0.4) is 0 Å². The van der Waals surface area contributed by atoms with Gasteiger partial charge in [0, 0.05) is 43.6 Å². The Balaban J connectivity index is 1.79. The highest BCUT2D eigenvalue weighted by Crippen LogP contribution is 2.26. The fourth-order valence-corrected chi connectivity index (χ4v) is 3.98. The molecule has 9 heteroatoms. The molecule has 1 aliphatic heterocycles. The van der Waals surface area contributed by atoms with Crippen LogP contribution in [-0.2, 0) is 21.3 Å². The standard InChI is InChI=1S/C15H23N5O3S/c1-4-19-8-13(7-17-19)14-9-20(5-6-23-14)24(21,22)15-10-18(11-16-15)12(2)3/h7-8,10-12,14H,4-6,9H2,1-3H3/t14-/m0/s1. The molecule has 0 spiro atoms. The van der Waals surface area contributed by atoms with Gasteiger partial charge in [-0.15, -0.1) is 0 Å². The van der Waals surface area contributed by atoms with E-state index < -0.39 is 10.0 Å². The van der Waals surface area contributed by atoms with Gasteiger partial charge >= 0.3 is 0 Å². The van der Waals surface area contributed by atoms with Gasteiger partial charge in [-0.1, -0.05) is 0 Å². The number of nitrogens with zero attached hydrogens (tertiary/aromatic N) is 5. The maximum atomic E-state index is 12.8. The highest BCUT2D eigenvalue weighted by Gasteiger charge is 2.33. The molecule has 0 saturated carbocycles. The highest BCUT2D eigenvalue weighted by atomic mass is 32.2. The Morgan fingerprint density at radius 2 is 2.17 bits per heavy atom. The largest absolute Gasteiger partial charge is 0.371 e. The first-order valence-corrected chi connectivity index (χ1v) is 9.53. The second-order valence-electron chi connectivity index (χ2n) is 6.10. The molecule has 2 aromatic rings. The van der Waals surface area contributed by atoms with E-state index in [-0.39, 0.29) is 23.7 Å².